The van der Waals surface area contributed by atoms with Gasteiger partial charge in [-0.1, -0.05) is 12.1 Å². The van der Waals surface area contributed by atoms with Crippen LogP contribution in [0, 0.1) is 5.92 Å². The molecule has 0 radical (unpaired) electrons. The van der Waals surface area contributed by atoms with E-state index >= 15 is 0 Å². The Hall–Kier alpha value is -3.16. The van der Waals surface area contributed by atoms with E-state index in [4.69, 9.17) is 14.2 Å². The Morgan fingerprint density at radius 2 is 1.79 bits per heavy atom. The van der Waals surface area contributed by atoms with Crippen molar-refractivity contribution in [1.29, 1.82) is 0 Å². The second-order valence-electron chi connectivity index (χ2n) is 11.9. The molecule has 3 aliphatic rings. The fourth-order valence-electron chi connectivity index (χ4n) is 5.53. The molecule has 1 aromatic rings. The van der Waals surface area contributed by atoms with Crippen LogP contribution in [0.15, 0.2) is 24.3 Å². The van der Waals surface area contributed by atoms with Crippen LogP contribution in [0.4, 0.5) is 8.78 Å². The minimum atomic E-state index is -2.80. The number of epoxide rings is 1. The monoisotopic (exact) mass is 608 g/mol. The number of ketones is 1. The smallest absolute Gasteiger partial charge is 0.248 e. The van der Waals surface area contributed by atoms with E-state index in [1.54, 1.807) is 31.2 Å². The summed E-state index contributed by atoms with van der Waals surface area (Å²) in [5, 5.41) is 11.2. The molecule has 2 heterocycles. The third kappa shape index (κ3) is 9.41. The van der Waals surface area contributed by atoms with Crippen LogP contribution in [-0.2, 0) is 35.1 Å². The largest absolute Gasteiger partial charge is 0.497 e. The molecule has 13 heteroatoms. The lowest BCUT2D eigenvalue weighted by molar-refractivity contribution is -0.134. The van der Waals surface area contributed by atoms with Crippen molar-refractivity contribution < 1.29 is 42.2 Å². The number of rotatable bonds is 14. The van der Waals surface area contributed by atoms with Crippen LogP contribution in [0.2, 0.25) is 0 Å². The molecule has 4 N–H and O–H groups in total. The summed E-state index contributed by atoms with van der Waals surface area (Å²) in [4.78, 5) is 52.7. The number of hydrogen-bond donors (Lipinski definition) is 4. The van der Waals surface area contributed by atoms with Gasteiger partial charge in [0.15, 0.2) is 5.78 Å². The maximum Gasteiger partial charge on any atom is 0.248 e. The highest BCUT2D eigenvalue weighted by atomic mass is 19.3. The van der Waals surface area contributed by atoms with Gasteiger partial charge in [-0.05, 0) is 50.3 Å². The minimum Gasteiger partial charge on any atom is -0.497 e. The summed E-state index contributed by atoms with van der Waals surface area (Å²) in [7, 11) is 1.53. The number of Topliss-reactive ketones (excluding diaryl/α,β-unsaturated/α-hetero) is 1. The van der Waals surface area contributed by atoms with Gasteiger partial charge in [0, 0.05) is 32.4 Å². The number of methoxy groups -OCH3 is 1. The van der Waals surface area contributed by atoms with Crippen LogP contribution in [-0.4, -0.2) is 92.7 Å². The summed E-state index contributed by atoms with van der Waals surface area (Å²) >= 11 is 0. The number of benzene rings is 1. The number of halogens is 2. The fourth-order valence-corrected chi connectivity index (χ4v) is 5.53. The zero-order valence-electron chi connectivity index (χ0n) is 24.9. The van der Waals surface area contributed by atoms with E-state index in [0.29, 0.717) is 31.0 Å². The van der Waals surface area contributed by atoms with Gasteiger partial charge in [0.1, 0.15) is 23.4 Å². The number of alkyl halides is 2. The zero-order chi connectivity index (χ0) is 31.2. The Morgan fingerprint density at radius 1 is 1.09 bits per heavy atom. The lowest BCUT2D eigenvalue weighted by Gasteiger charge is -2.27. The molecule has 2 aliphatic heterocycles. The standard InChI is InChI=1S/C30H42F2N4O7/c1-18(34-25(37)14-22-16-33-10-11-42-22)27(39)36-24(12-19-4-6-21(41-3)7-5-19)28(40)35-23(26(38)29(2)17-43-29)13-20-8-9-30(31,32)15-20/h4-7,18,20,22-24,33H,8-17H2,1-3H3,(H,34,37)(H,35,40)(H,36,39)/t18-,20-,22?,23-,24-,29+/m0/s1. The van der Waals surface area contributed by atoms with E-state index in [-0.39, 0.29) is 62.9 Å². The lowest BCUT2D eigenvalue weighted by Crippen LogP contribution is -2.57. The summed E-state index contributed by atoms with van der Waals surface area (Å²) in [6.45, 7) is 5.03. The van der Waals surface area contributed by atoms with Gasteiger partial charge in [0.05, 0.1) is 38.9 Å². The first kappa shape index (κ1) is 32.7. The Morgan fingerprint density at radius 3 is 2.37 bits per heavy atom. The number of ether oxygens (including phenoxy) is 3. The van der Waals surface area contributed by atoms with E-state index in [0.717, 1.165) is 0 Å². The van der Waals surface area contributed by atoms with E-state index < -0.39 is 47.4 Å². The van der Waals surface area contributed by atoms with Crippen molar-refractivity contribution in [3.05, 3.63) is 29.8 Å². The lowest BCUT2D eigenvalue weighted by atomic mass is 9.90. The number of nitrogens with one attached hydrogen (secondary N) is 4. The molecule has 0 spiro atoms. The average molecular weight is 609 g/mol. The van der Waals surface area contributed by atoms with Gasteiger partial charge in [-0.3, -0.25) is 19.2 Å². The van der Waals surface area contributed by atoms with Gasteiger partial charge in [0.25, 0.3) is 0 Å². The summed E-state index contributed by atoms with van der Waals surface area (Å²) in [6.07, 6.45) is -0.476. The molecule has 3 amide bonds. The van der Waals surface area contributed by atoms with Crippen LogP contribution >= 0.6 is 0 Å². The maximum atomic E-state index is 13.9. The van der Waals surface area contributed by atoms with Crippen molar-refractivity contribution in [3.8, 4) is 5.75 Å². The number of carbonyl (C=O) groups is 4. The number of amides is 3. The van der Waals surface area contributed by atoms with Gasteiger partial charge in [-0.15, -0.1) is 0 Å². The predicted molar refractivity (Wildman–Crippen MR) is 152 cm³/mol. The molecule has 1 saturated carbocycles. The predicted octanol–water partition coefficient (Wildman–Crippen LogP) is 1.27. The molecule has 1 aliphatic carbocycles. The second-order valence-corrected chi connectivity index (χ2v) is 11.9. The molecular formula is C30H42F2N4O7. The van der Waals surface area contributed by atoms with Crippen molar-refractivity contribution >= 4 is 23.5 Å². The molecule has 238 valence electrons. The van der Waals surface area contributed by atoms with Crippen LogP contribution < -0.4 is 26.0 Å². The number of morpholine rings is 1. The third-order valence-electron chi connectivity index (χ3n) is 8.23. The minimum absolute atomic E-state index is 0.0485. The van der Waals surface area contributed by atoms with Gasteiger partial charge < -0.3 is 35.5 Å². The molecule has 0 aromatic heterocycles. The SMILES string of the molecule is COc1ccc(C[C@H](NC(=O)[C@H](C)NC(=O)CC2CNCCO2)C(=O)N[C@@H](C[C@@H]2CCC(F)(F)C2)C(=O)[C@@]2(C)CO2)cc1. The van der Waals surface area contributed by atoms with E-state index in [1.165, 1.54) is 14.0 Å². The highest BCUT2D eigenvalue weighted by Gasteiger charge is 2.51. The molecule has 11 nitrogen and oxygen atoms in total. The van der Waals surface area contributed by atoms with Crippen molar-refractivity contribution in [1.82, 2.24) is 21.3 Å². The molecule has 2 saturated heterocycles. The summed E-state index contributed by atoms with van der Waals surface area (Å²) in [5.41, 5.74) is -0.375. The van der Waals surface area contributed by atoms with E-state index in [1.807, 2.05) is 0 Å². The molecule has 6 atom stereocenters. The van der Waals surface area contributed by atoms with Crippen molar-refractivity contribution in [2.75, 3.05) is 33.4 Å². The molecule has 4 rings (SSSR count). The zero-order valence-corrected chi connectivity index (χ0v) is 24.9. The quantitative estimate of drug-likeness (QED) is 0.231. The Labute approximate surface area is 250 Å². The van der Waals surface area contributed by atoms with Crippen LogP contribution in [0.3, 0.4) is 0 Å². The Balaban J connectivity index is 1.45. The Bertz CT molecular complexity index is 1160. The Kier molecular flexibility index (Phi) is 10.7. The highest BCUT2D eigenvalue weighted by Crippen LogP contribution is 2.41. The fraction of sp³-hybridized carbons (Fsp3) is 0.667. The third-order valence-corrected chi connectivity index (χ3v) is 8.23. The topological polar surface area (TPSA) is 147 Å². The van der Waals surface area contributed by atoms with Crippen molar-refractivity contribution in [2.24, 2.45) is 5.92 Å². The highest BCUT2D eigenvalue weighted by molar-refractivity contribution is 5.98. The first-order valence-corrected chi connectivity index (χ1v) is 14.8. The van der Waals surface area contributed by atoms with E-state index in [9.17, 15) is 28.0 Å². The average Bonchev–Trinajstić information content (AvgIpc) is 3.64. The van der Waals surface area contributed by atoms with Gasteiger partial charge in [-0.25, -0.2) is 8.78 Å². The number of carbonyl (C=O) groups excluding carboxylic acids is 4. The molecule has 3 fully saturated rings. The van der Waals surface area contributed by atoms with Gasteiger partial charge in [0.2, 0.25) is 23.6 Å². The van der Waals surface area contributed by atoms with Crippen molar-refractivity contribution in [2.45, 2.75) is 88.1 Å². The van der Waals surface area contributed by atoms with Crippen LogP contribution in [0.25, 0.3) is 0 Å². The molecular weight excluding hydrogens is 566 g/mol. The van der Waals surface area contributed by atoms with Gasteiger partial charge in [-0.2, -0.15) is 0 Å². The summed E-state index contributed by atoms with van der Waals surface area (Å²) < 4.78 is 43.9. The molecule has 0 bridgehead atoms. The second kappa shape index (κ2) is 14.1. The van der Waals surface area contributed by atoms with E-state index in [2.05, 4.69) is 21.3 Å². The molecule has 1 unspecified atom stereocenters. The van der Waals surface area contributed by atoms with Crippen molar-refractivity contribution in [3.63, 3.8) is 0 Å². The molecule has 1 aromatic carbocycles. The summed E-state index contributed by atoms with van der Waals surface area (Å²) in [6, 6.07) is 3.78. The van der Waals surface area contributed by atoms with Gasteiger partial charge >= 0.3 is 0 Å². The maximum absolute atomic E-state index is 13.9. The summed E-state index contributed by atoms with van der Waals surface area (Å²) in [5.74, 6) is -4.63. The first-order chi connectivity index (χ1) is 20.4. The van der Waals surface area contributed by atoms with Crippen LogP contribution in [0.1, 0.15) is 51.5 Å². The number of hydrogen-bond acceptors (Lipinski definition) is 8. The molecule has 43 heavy (non-hydrogen) atoms. The first-order valence-electron chi connectivity index (χ1n) is 14.8. The van der Waals surface area contributed by atoms with Crippen LogP contribution in [0.5, 0.6) is 5.75 Å². The normalized spacial score (nSPS) is 26.4.